The summed E-state index contributed by atoms with van der Waals surface area (Å²) in [5.41, 5.74) is 1.17. The number of hydrogen-bond donors (Lipinski definition) is 2. The zero-order chi connectivity index (χ0) is 25.2. The molecule has 2 amide bonds. The van der Waals surface area contributed by atoms with Gasteiger partial charge in [-0.2, -0.15) is 0 Å². The van der Waals surface area contributed by atoms with Crippen LogP contribution >= 0.6 is 11.6 Å². The quantitative estimate of drug-likeness (QED) is 0.407. The molecule has 0 unspecified atom stereocenters. The number of rotatable bonds is 9. The van der Waals surface area contributed by atoms with Gasteiger partial charge in [-0.1, -0.05) is 48.9 Å². The van der Waals surface area contributed by atoms with Gasteiger partial charge < -0.3 is 20.1 Å². The Labute approximate surface area is 207 Å². The van der Waals surface area contributed by atoms with Gasteiger partial charge in [0.05, 0.1) is 28.4 Å². The molecule has 0 aliphatic carbocycles. The molecule has 180 valence electrons. The van der Waals surface area contributed by atoms with E-state index in [4.69, 9.17) is 21.1 Å². The van der Waals surface area contributed by atoms with E-state index < -0.39 is 24.5 Å². The zero-order valence-electron chi connectivity index (χ0n) is 18.9. The number of para-hydroxylation sites is 1. The molecule has 3 aromatic rings. The van der Waals surface area contributed by atoms with Crippen molar-refractivity contribution < 1.29 is 28.7 Å². The molecule has 2 N–H and O–H groups in total. The first kappa shape index (κ1) is 25.5. The summed E-state index contributed by atoms with van der Waals surface area (Å²) in [5.74, 6) is -2.41. The van der Waals surface area contributed by atoms with Crippen LogP contribution in [0.5, 0.6) is 0 Å². The minimum absolute atomic E-state index is 0.0945. The summed E-state index contributed by atoms with van der Waals surface area (Å²) in [6, 6.07) is 19.2. The van der Waals surface area contributed by atoms with Crippen LogP contribution in [0.2, 0.25) is 5.02 Å². The van der Waals surface area contributed by atoms with Crippen molar-refractivity contribution in [3.05, 3.63) is 94.5 Å². The van der Waals surface area contributed by atoms with Crippen LogP contribution in [0.1, 0.15) is 44.4 Å². The molecule has 8 nitrogen and oxygen atoms in total. The lowest BCUT2D eigenvalue weighted by atomic mass is 10.1. The van der Waals surface area contributed by atoms with Gasteiger partial charge in [-0.25, -0.2) is 9.59 Å². The Morgan fingerprint density at radius 1 is 0.800 bits per heavy atom. The second-order valence-corrected chi connectivity index (χ2v) is 7.73. The van der Waals surface area contributed by atoms with Crippen LogP contribution in [0.4, 0.5) is 11.4 Å². The standard InChI is InChI=1S/C26H23ClN2O6/c1-2-14-34-26(33)20-15-18(12-13-21(20)27)28-23(30)16-35-25(32)19-10-6-7-11-22(19)29-24(31)17-8-4-3-5-9-17/h3-13,15H,2,14,16H2,1H3,(H,28,30)(H,29,31). The molecule has 0 fully saturated rings. The highest BCUT2D eigenvalue weighted by Crippen LogP contribution is 2.22. The third-order valence-corrected chi connectivity index (χ3v) is 5.00. The van der Waals surface area contributed by atoms with Gasteiger partial charge in [0.25, 0.3) is 11.8 Å². The van der Waals surface area contributed by atoms with Gasteiger partial charge in [-0.3, -0.25) is 9.59 Å². The fraction of sp³-hybridized carbons (Fsp3) is 0.154. The summed E-state index contributed by atoms with van der Waals surface area (Å²) in [4.78, 5) is 49.5. The normalized spacial score (nSPS) is 10.2. The van der Waals surface area contributed by atoms with Crippen LogP contribution in [0.15, 0.2) is 72.8 Å². The molecule has 0 heterocycles. The summed E-state index contributed by atoms with van der Waals surface area (Å²) < 4.78 is 10.2. The third-order valence-electron chi connectivity index (χ3n) is 4.67. The highest BCUT2D eigenvalue weighted by Gasteiger charge is 2.18. The predicted octanol–water partition coefficient (Wildman–Crippen LogP) is 4.95. The van der Waals surface area contributed by atoms with Crippen molar-refractivity contribution in [2.45, 2.75) is 13.3 Å². The van der Waals surface area contributed by atoms with Gasteiger partial charge in [0.15, 0.2) is 6.61 Å². The second-order valence-electron chi connectivity index (χ2n) is 7.32. The minimum atomic E-state index is -0.788. The van der Waals surface area contributed by atoms with Crippen molar-refractivity contribution >= 4 is 46.7 Å². The molecule has 0 spiro atoms. The maximum Gasteiger partial charge on any atom is 0.340 e. The van der Waals surface area contributed by atoms with Crippen molar-refractivity contribution in [3.8, 4) is 0 Å². The Hall–Kier alpha value is -4.17. The maximum atomic E-state index is 12.6. The van der Waals surface area contributed by atoms with E-state index >= 15 is 0 Å². The molecular weight excluding hydrogens is 472 g/mol. The van der Waals surface area contributed by atoms with Crippen LogP contribution in [-0.4, -0.2) is 37.0 Å². The number of anilines is 2. The summed E-state index contributed by atoms with van der Waals surface area (Å²) in [5, 5.41) is 5.40. The van der Waals surface area contributed by atoms with Gasteiger partial charge in [0.2, 0.25) is 0 Å². The second kappa shape index (κ2) is 12.3. The van der Waals surface area contributed by atoms with Gasteiger partial charge >= 0.3 is 11.9 Å². The molecule has 0 aliphatic rings. The van der Waals surface area contributed by atoms with Crippen molar-refractivity contribution in [1.29, 1.82) is 0 Å². The minimum Gasteiger partial charge on any atom is -0.462 e. The molecule has 0 aliphatic heterocycles. The molecule has 35 heavy (non-hydrogen) atoms. The molecule has 0 atom stereocenters. The maximum absolute atomic E-state index is 12.6. The number of ether oxygens (including phenoxy) is 2. The van der Waals surface area contributed by atoms with E-state index in [1.807, 2.05) is 6.92 Å². The van der Waals surface area contributed by atoms with Crippen LogP contribution in [-0.2, 0) is 14.3 Å². The largest absolute Gasteiger partial charge is 0.462 e. The Bertz CT molecular complexity index is 1230. The number of halogens is 1. The highest BCUT2D eigenvalue weighted by molar-refractivity contribution is 6.33. The number of hydrogen-bond acceptors (Lipinski definition) is 6. The van der Waals surface area contributed by atoms with Gasteiger partial charge in [-0.15, -0.1) is 0 Å². The Morgan fingerprint density at radius 3 is 2.23 bits per heavy atom. The van der Waals surface area contributed by atoms with E-state index in [1.165, 1.54) is 24.3 Å². The first-order chi connectivity index (χ1) is 16.9. The lowest BCUT2D eigenvalue weighted by molar-refractivity contribution is -0.119. The molecule has 0 radical (unpaired) electrons. The van der Waals surface area contributed by atoms with Crippen molar-refractivity contribution in [2.24, 2.45) is 0 Å². The SMILES string of the molecule is CCCOC(=O)c1cc(NC(=O)COC(=O)c2ccccc2NC(=O)c2ccccc2)ccc1Cl. The Kier molecular flexibility index (Phi) is 8.97. The summed E-state index contributed by atoms with van der Waals surface area (Å²) in [6.07, 6.45) is 0.657. The molecule has 0 saturated heterocycles. The Morgan fingerprint density at radius 2 is 1.49 bits per heavy atom. The van der Waals surface area contributed by atoms with Gasteiger partial charge in [0, 0.05) is 11.3 Å². The van der Waals surface area contributed by atoms with Crippen LogP contribution in [0.3, 0.4) is 0 Å². The lowest BCUT2D eigenvalue weighted by Crippen LogP contribution is -2.22. The molecule has 0 aromatic heterocycles. The average Bonchev–Trinajstić information content (AvgIpc) is 2.87. The monoisotopic (exact) mass is 494 g/mol. The first-order valence-corrected chi connectivity index (χ1v) is 11.2. The summed E-state index contributed by atoms with van der Waals surface area (Å²) in [7, 11) is 0. The van der Waals surface area contributed by atoms with Gasteiger partial charge in [0.1, 0.15) is 0 Å². The highest BCUT2D eigenvalue weighted by atomic mass is 35.5. The van der Waals surface area contributed by atoms with E-state index in [0.717, 1.165) is 0 Å². The van der Waals surface area contributed by atoms with Crippen molar-refractivity contribution in [1.82, 2.24) is 0 Å². The van der Waals surface area contributed by atoms with Gasteiger partial charge in [-0.05, 0) is 48.9 Å². The number of esters is 2. The topological polar surface area (TPSA) is 111 Å². The number of benzene rings is 3. The molecule has 0 bridgehead atoms. The van der Waals surface area contributed by atoms with Crippen LogP contribution in [0, 0.1) is 0 Å². The van der Waals surface area contributed by atoms with E-state index in [0.29, 0.717) is 12.0 Å². The number of carbonyl (C=O) groups is 4. The number of amides is 2. The number of nitrogens with one attached hydrogen (secondary N) is 2. The first-order valence-electron chi connectivity index (χ1n) is 10.8. The van der Waals surface area contributed by atoms with Crippen molar-refractivity contribution in [3.63, 3.8) is 0 Å². The fourth-order valence-electron chi connectivity index (χ4n) is 2.99. The average molecular weight is 495 g/mol. The van der Waals surface area contributed by atoms with E-state index in [9.17, 15) is 19.2 Å². The van der Waals surface area contributed by atoms with Crippen molar-refractivity contribution in [2.75, 3.05) is 23.8 Å². The molecule has 0 saturated carbocycles. The van der Waals surface area contributed by atoms with Crippen LogP contribution < -0.4 is 10.6 Å². The Balaban J connectivity index is 1.61. The summed E-state index contributed by atoms with van der Waals surface area (Å²) in [6.45, 7) is 1.52. The van der Waals surface area contributed by atoms with E-state index in [-0.39, 0.29) is 40.0 Å². The summed E-state index contributed by atoms with van der Waals surface area (Å²) >= 11 is 6.05. The number of carbonyl (C=O) groups excluding carboxylic acids is 4. The smallest absolute Gasteiger partial charge is 0.340 e. The van der Waals surface area contributed by atoms with E-state index in [1.54, 1.807) is 48.5 Å². The fourth-order valence-corrected chi connectivity index (χ4v) is 3.19. The molecule has 9 heteroatoms. The lowest BCUT2D eigenvalue weighted by Gasteiger charge is -2.12. The molecule has 3 aromatic carbocycles. The molecule has 3 rings (SSSR count). The zero-order valence-corrected chi connectivity index (χ0v) is 19.6. The third kappa shape index (κ3) is 7.15. The predicted molar refractivity (Wildman–Crippen MR) is 132 cm³/mol. The molecular formula is C26H23ClN2O6. The van der Waals surface area contributed by atoms with E-state index in [2.05, 4.69) is 10.6 Å². The van der Waals surface area contributed by atoms with Crippen LogP contribution in [0.25, 0.3) is 0 Å².